The van der Waals surface area contributed by atoms with Crippen molar-refractivity contribution in [3.05, 3.63) is 59.7 Å². The zero-order chi connectivity index (χ0) is 21.5. The van der Waals surface area contributed by atoms with Crippen molar-refractivity contribution in [2.75, 3.05) is 19.7 Å². The summed E-state index contributed by atoms with van der Waals surface area (Å²) in [6, 6.07) is 14.9. The average Bonchev–Trinajstić information content (AvgIpc) is 3.24. The van der Waals surface area contributed by atoms with Gasteiger partial charge in [0.1, 0.15) is 12.6 Å². The van der Waals surface area contributed by atoms with Gasteiger partial charge in [-0.3, -0.25) is 9.59 Å². The Bertz CT molecular complexity index is 996. The lowest BCUT2D eigenvalue weighted by atomic mass is 9.98. The van der Waals surface area contributed by atoms with E-state index in [4.69, 9.17) is 4.74 Å². The molecule has 2 aromatic rings. The number of benzene rings is 2. The molecule has 31 heavy (non-hydrogen) atoms. The quantitative estimate of drug-likeness (QED) is 0.749. The Morgan fingerprint density at radius 3 is 2.16 bits per heavy atom. The van der Waals surface area contributed by atoms with Gasteiger partial charge >= 0.3 is 12.1 Å². The van der Waals surface area contributed by atoms with E-state index in [1.807, 2.05) is 36.4 Å². The molecule has 1 saturated carbocycles. The zero-order valence-electron chi connectivity index (χ0n) is 17.0. The summed E-state index contributed by atoms with van der Waals surface area (Å²) in [6.45, 7) is 1.40. The number of likely N-dealkylation sites (tertiary alicyclic amines) is 1. The van der Waals surface area contributed by atoms with Crippen molar-refractivity contribution in [3.8, 4) is 11.1 Å². The monoisotopic (exact) mass is 420 g/mol. The minimum absolute atomic E-state index is 0.0996. The Balaban J connectivity index is 1.25. The number of amides is 2. The van der Waals surface area contributed by atoms with Gasteiger partial charge in [0.25, 0.3) is 0 Å². The molecule has 2 amide bonds. The van der Waals surface area contributed by atoms with Gasteiger partial charge in [0, 0.05) is 19.0 Å². The standard InChI is InChI=1S/C24H24N2O5/c27-22(28)10-21(23(29)26-11-14-9-15(14)12-26)25-24(30)31-13-20-18-7-3-1-5-16(18)17-6-2-4-8-19(17)20/h1-8,14-15,20-21H,9-13H2,(H,25,30)(H,27,28)/t14-,15+,21?. The van der Waals surface area contributed by atoms with E-state index >= 15 is 0 Å². The Labute approximate surface area is 180 Å². The predicted octanol–water partition coefficient (Wildman–Crippen LogP) is 2.85. The van der Waals surface area contributed by atoms with Gasteiger partial charge in [-0.05, 0) is 40.5 Å². The number of nitrogens with zero attached hydrogens (tertiary/aromatic N) is 1. The van der Waals surface area contributed by atoms with Crippen LogP contribution in [0.3, 0.4) is 0 Å². The van der Waals surface area contributed by atoms with E-state index in [-0.39, 0.29) is 18.4 Å². The highest BCUT2D eigenvalue weighted by atomic mass is 16.5. The predicted molar refractivity (Wildman–Crippen MR) is 112 cm³/mol. The first-order chi connectivity index (χ1) is 15.0. The number of carbonyl (C=O) groups is 3. The molecule has 1 heterocycles. The minimum atomic E-state index is -1.14. The number of fused-ring (bicyclic) bond motifs is 4. The topological polar surface area (TPSA) is 95.9 Å². The molecular weight excluding hydrogens is 396 g/mol. The second-order valence-corrected chi connectivity index (χ2v) is 8.62. The summed E-state index contributed by atoms with van der Waals surface area (Å²) in [6.07, 6.45) is -0.104. The van der Waals surface area contributed by atoms with Gasteiger partial charge in [-0.2, -0.15) is 0 Å². The fourth-order valence-electron chi connectivity index (χ4n) is 4.96. The Morgan fingerprint density at radius 1 is 1.00 bits per heavy atom. The normalized spacial score (nSPS) is 21.6. The van der Waals surface area contributed by atoms with Crippen LogP contribution >= 0.6 is 0 Å². The molecule has 2 fully saturated rings. The van der Waals surface area contributed by atoms with Gasteiger partial charge in [0.15, 0.2) is 0 Å². The summed E-state index contributed by atoms with van der Waals surface area (Å²) < 4.78 is 5.48. The van der Waals surface area contributed by atoms with Gasteiger partial charge in [0.05, 0.1) is 6.42 Å². The number of piperidine rings is 1. The minimum Gasteiger partial charge on any atom is -0.481 e. The van der Waals surface area contributed by atoms with Crippen LogP contribution in [-0.4, -0.2) is 53.7 Å². The third-order valence-corrected chi connectivity index (χ3v) is 6.60. The maximum Gasteiger partial charge on any atom is 0.407 e. The van der Waals surface area contributed by atoms with Crippen LogP contribution in [0.25, 0.3) is 11.1 Å². The molecule has 0 bridgehead atoms. The summed E-state index contributed by atoms with van der Waals surface area (Å²) in [5.74, 6) is -0.519. The van der Waals surface area contributed by atoms with Crippen LogP contribution in [0.5, 0.6) is 0 Å². The van der Waals surface area contributed by atoms with Gasteiger partial charge in [-0.1, -0.05) is 48.5 Å². The number of rotatable bonds is 6. The van der Waals surface area contributed by atoms with Crippen molar-refractivity contribution in [2.24, 2.45) is 11.8 Å². The molecular formula is C24H24N2O5. The molecule has 2 N–H and O–H groups in total. The second kappa shape index (κ2) is 7.72. The molecule has 7 heteroatoms. The smallest absolute Gasteiger partial charge is 0.407 e. The number of carbonyl (C=O) groups excluding carboxylic acids is 2. The van der Waals surface area contributed by atoms with Crippen molar-refractivity contribution in [1.82, 2.24) is 10.2 Å². The fourth-order valence-corrected chi connectivity index (χ4v) is 4.96. The first-order valence-corrected chi connectivity index (χ1v) is 10.6. The van der Waals surface area contributed by atoms with Crippen LogP contribution in [0, 0.1) is 11.8 Å². The summed E-state index contributed by atoms with van der Waals surface area (Å²) in [7, 11) is 0. The molecule has 2 aliphatic carbocycles. The third-order valence-electron chi connectivity index (χ3n) is 6.60. The van der Waals surface area contributed by atoms with E-state index in [9.17, 15) is 19.5 Å². The van der Waals surface area contributed by atoms with E-state index in [0.717, 1.165) is 28.7 Å². The molecule has 3 atom stereocenters. The van der Waals surface area contributed by atoms with Gasteiger partial charge in [-0.25, -0.2) is 4.79 Å². The number of alkyl carbamates (subject to hydrolysis) is 1. The highest BCUT2D eigenvalue weighted by molar-refractivity contribution is 5.89. The highest BCUT2D eigenvalue weighted by Gasteiger charge is 2.47. The molecule has 0 spiro atoms. The van der Waals surface area contributed by atoms with E-state index < -0.39 is 24.5 Å². The molecule has 1 aliphatic heterocycles. The van der Waals surface area contributed by atoms with Crippen LogP contribution in [-0.2, 0) is 14.3 Å². The van der Waals surface area contributed by atoms with E-state index in [0.29, 0.717) is 24.9 Å². The van der Waals surface area contributed by atoms with Crippen molar-refractivity contribution < 1.29 is 24.2 Å². The number of carboxylic acid groups (broad SMARTS) is 1. The molecule has 3 aliphatic rings. The SMILES string of the molecule is O=C(O)CC(NC(=O)OCC1c2ccccc2-c2ccccc21)C(=O)N1C[C@H]2C[C@H]2C1. The second-order valence-electron chi connectivity index (χ2n) is 8.62. The molecule has 5 rings (SSSR count). The number of hydrogen-bond donors (Lipinski definition) is 2. The van der Waals surface area contributed by atoms with Crippen molar-refractivity contribution in [2.45, 2.75) is 24.8 Å². The maximum atomic E-state index is 12.8. The largest absolute Gasteiger partial charge is 0.481 e. The van der Waals surface area contributed by atoms with Crippen molar-refractivity contribution in [1.29, 1.82) is 0 Å². The van der Waals surface area contributed by atoms with Gasteiger partial charge < -0.3 is 20.1 Å². The first-order valence-electron chi connectivity index (χ1n) is 10.6. The molecule has 0 aromatic heterocycles. The average molecular weight is 420 g/mol. The number of carboxylic acids is 1. The summed E-state index contributed by atoms with van der Waals surface area (Å²) >= 11 is 0. The van der Waals surface area contributed by atoms with Crippen LogP contribution in [0.2, 0.25) is 0 Å². The Hall–Kier alpha value is -3.35. The number of hydrogen-bond acceptors (Lipinski definition) is 4. The Kier molecular flexibility index (Phi) is 4.88. The lowest BCUT2D eigenvalue weighted by molar-refractivity contribution is -0.142. The number of ether oxygens (including phenoxy) is 1. The lowest BCUT2D eigenvalue weighted by Gasteiger charge is -2.24. The van der Waals surface area contributed by atoms with Crippen molar-refractivity contribution in [3.63, 3.8) is 0 Å². The molecule has 2 aromatic carbocycles. The number of aliphatic carboxylic acids is 1. The van der Waals surface area contributed by atoms with Crippen LogP contribution < -0.4 is 5.32 Å². The summed E-state index contributed by atoms with van der Waals surface area (Å²) in [5, 5.41) is 11.7. The molecule has 0 radical (unpaired) electrons. The summed E-state index contributed by atoms with van der Waals surface area (Å²) in [5.41, 5.74) is 4.43. The number of nitrogens with one attached hydrogen (secondary N) is 1. The maximum absolute atomic E-state index is 12.8. The van der Waals surface area contributed by atoms with Gasteiger partial charge in [0.2, 0.25) is 5.91 Å². The first kappa shape index (κ1) is 19.6. The zero-order valence-corrected chi connectivity index (χ0v) is 17.0. The van der Waals surface area contributed by atoms with Gasteiger partial charge in [-0.15, -0.1) is 0 Å². The Morgan fingerprint density at radius 2 is 1.58 bits per heavy atom. The fraction of sp³-hybridized carbons (Fsp3) is 0.375. The van der Waals surface area contributed by atoms with E-state index in [2.05, 4.69) is 17.4 Å². The van der Waals surface area contributed by atoms with Crippen molar-refractivity contribution >= 4 is 18.0 Å². The van der Waals surface area contributed by atoms with E-state index in [1.165, 1.54) is 0 Å². The summed E-state index contributed by atoms with van der Waals surface area (Å²) in [4.78, 5) is 38.2. The van der Waals surface area contributed by atoms with Crippen LogP contribution in [0.1, 0.15) is 29.9 Å². The highest BCUT2D eigenvalue weighted by Crippen LogP contribution is 2.45. The van der Waals surface area contributed by atoms with E-state index in [1.54, 1.807) is 4.90 Å². The molecule has 7 nitrogen and oxygen atoms in total. The lowest BCUT2D eigenvalue weighted by Crippen LogP contribution is -2.49. The molecule has 1 saturated heterocycles. The molecule has 1 unspecified atom stereocenters. The molecule has 160 valence electrons. The van der Waals surface area contributed by atoms with Crippen LogP contribution in [0.4, 0.5) is 4.79 Å². The van der Waals surface area contributed by atoms with Crippen LogP contribution in [0.15, 0.2) is 48.5 Å². The third kappa shape index (κ3) is 3.76.